The summed E-state index contributed by atoms with van der Waals surface area (Å²) in [6, 6.07) is 64.9. The van der Waals surface area contributed by atoms with Crippen LogP contribution in [0.5, 0.6) is 0 Å². The molecule has 3 aromatic heterocycles. The number of aromatic nitrogens is 3. The van der Waals surface area contributed by atoms with Crippen molar-refractivity contribution in [2.24, 2.45) is 0 Å². The summed E-state index contributed by atoms with van der Waals surface area (Å²) in [5.74, 6) is -0.695. The molecule has 0 aliphatic carbocycles. The number of furan rings is 1. The van der Waals surface area contributed by atoms with Gasteiger partial charge in [0.2, 0.25) is 0 Å². The first-order chi connectivity index (χ1) is 36.4. The molecule has 73 heavy (non-hydrogen) atoms. The summed E-state index contributed by atoms with van der Waals surface area (Å²) in [7, 11) is -1.64. The van der Waals surface area contributed by atoms with Gasteiger partial charge in [-0.05, 0) is 70.1 Å². The average molecular weight is 1150 g/mol. The van der Waals surface area contributed by atoms with E-state index in [9.17, 15) is 4.39 Å². The molecule has 12 aromatic rings. The SMILES string of the molecule is [2H]C(C)(C)c1cc(-c2[c-]cc(F)c(-c3ccccc3)c2)ncc1[Si](C)(C)C.[2H]C([2H])([2H])c1ccc(-c2ccc3c(c2)oc2c(-c4nc5ccccc5n4-c4c(-c5ccccc5)cc(F)c5ccccc45)[c-]ccc23)cc1.[Ir]. The summed E-state index contributed by atoms with van der Waals surface area (Å²) >= 11 is 0. The Hall–Kier alpha value is -7.61. The zero-order valence-electron chi connectivity index (χ0n) is 44.8. The van der Waals surface area contributed by atoms with E-state index in [1.54, 1.807) is 24.3 Å². The van der Waals surface area contributed by atoms with Crippen LogP contribution in [0.4, 0.5) is 8.78 Å². The van der Waals surface area contributed by atoms with E-state index in [0.29, 0.717) is 39.1 Å². The van der Waals surface area contributed by atoms with E-state index in [-0.39, 0.29) is 31.7 Å². The summed E-state index contributed by atoms with van der Waals surface area (Å²) in [6.45, 7) is 8.43. The number of hydrogen-bond donors (Lipinski definition) is 0. The maximum Gasteiger partial charge on any atom is 0.131 e. The van der Waals surface area contributed by atoms with Gasteiger partial charge in [0, 0.05) is 59.3 Å². The number of hydrogen-bond acceptors (Lipinski definition) is 3. The van der Waals surface area contributed by atoms with Gasteiger partial charge in [0.15, 0.2) is 0 Å². The third-order valence-electron chi connectivity index (χ3n) is 13.2. The van der Waals surface area contributed by atoms with Crippen molar-refractivity contribution >= 4 is 57.0 Å². The summed E-state index contributed by atoms with van der Waals surface area (Å²) in [5, 5.41) is 4.33. The van der Waals surface area contributed by atoms with Crippen molar-refractivity contribution in [3.05, 3.63) is 229 Å². The van der Waals surface area contributed by atoms with E-state index in [2.05, 4.69) is 41.3 Å². The fourth-order valence-electron chi connectivity index (χ4n) is 9.64. The van der Waals surface area contributed by atoms with Crippen molar-refractivity contribution < 1.29 is 38.8 Å². The number of rotatable bonds is 8. The van der Waals surface area contributed by atoms with E-state index in [1.807, 2.05) is 178 Å². The molecule has 9 aromatic carbocycles. The number of para-hydroxylation sites is 2. The number of halogens is 2. The van der Waals surface area contributed by atoms with Crippen LogP contribution in [-0.4, -0.2) is 22.6 Å². The maximum absolute atomic E-state index is 15.8. The molecule has 3 heterocycles. The van der Waals surface area contributed by atoms with Crippen molar-refractivity contribution in [3.8, 4) is 61.7 Å². The zero-order valence-corrected chi connectivity index (χ0v) is 44.2. The Bertz CT molecular complexity index is 4150. The summed E-state index contributed by atoms with van der Waals surface area (Å²) in [4.78, 5) is 9.82. The fourth-order valence-corrected chi connectivity index (χ4v) is 11.2. The van der Waals surface area contributed by atoms with Crippen LogP contribution in [0.15, 0.2) is 199 Å². The Morgan fingerprint density at radius 3 is 2.03 bits per heavy atom. The second kappa shape index (κ2) is 20.1. The molecule has 0 saturated carbocycles. The molecule has 1 radical (unpaired) electrons. The Morgan fingerprint density at radius 2 is 1.32 bits per heavy atom. The van der Waals surface area contributed by atoms with Gasteiger partial charge in [-0.1, -0.05) is 201 Å². The molecule has 0 unspecified atom stereocenters. The molecule has 0 atom stereocenters. The van der Waals surface area contributed by atoms with Crippen LogP contribution in [-0.2, 0) is 20.1 Å². The van der Waals surface area contributed by atoms with E-state index >= 15 is 4.39 Å². The molecule has 12 rings (SSSR count). The van der Waals surface area contributed by atoms with Crippen molar-refractivity contribution in [2.45, 2.75) is 46.2 Å². The zero-order chi connectivity index (χ0) is 53.1. The van der Waals surface area contributed by atoms with Crippen LogP contribution in [0.3, 0.4) is 0 Å². The molecule has 0 saturated heterocycles. The smallest absolute Gasteiger partial charge is 0.131 e. The molecule has 0 aliphatic rings. The van der Waals surface area contributed by atoms with Crippen LogP contribution in [0, 0.1) is 30.6 Å². The monoisotopic (exact) mass is 1150 g/mol. The van der Waals surface area contributed by atoms with E-state index in [4.69, 9.17) is 14.9 Å². The summed E-state index contributed by atoms with van der Waals surface area (Å²) in [5.41, 5.74) is 12.0. The van der Waals surface area contributed by atoms with Gasteiger partial charge in [0.1, 0.15) is 11.4 Å². The van der Waals surface area contributed by atoms with Gasteiger partial charge >= 0.3 is 0 Å². The molecule has 4 nitrogen and oxygen atoms in total. The van der Waals surface area contributed by atoms with Crippen LogP contribution >= 0.6 is 0 Å². The van der Waals surface area contributed by atoms with E-state index < -0.39 is 20.8 Å². The second-order valence-corrected chi connectivity index (χ2v) is 24.3. The normalized spacial score (nSPS) is 12.7. The average Bonchev–Trinajstić information content (AvgIpc) is 4.07. The maximum atomic E-state index is 15.8. The Labute approximate surface area is 445 Å². The van der Waals surface area contributed by atoms with Crippen molar-refractivity contribution in [2.75, 3.05) is 0 Å². The van der Waals surface area contributed by atoms with E-state index in [0.717, 1.165) is 77.5 Å². The second-order valence-electron chi connectivity index (χ2n) is 19.3. The Balaban J connectivity index is 0.000000205. The van der Waals surface area contributed by atoms with Crippen molar-refractivity contribution in [1.29, 1.82) is 0 Å². The minimum Gasteiger partial charge on any atom is -0.501 e. The molecule has 0 bridgehead atoms. The van der Waals surface area contributed by atoms with Gasteiger partial charge in [0.25, 0.3) is 0 Å². The van der Waals surface area contributed by atoms with Crippen LogP contribution in [0.1, 0.15) is 36.4 Å². The standard InChI is InChI=1S/C42H26FN2O.C23H25FNSi.Ir/c1-26-18-20-27(21-19-26)29-22-23-31-33-14-9-15-34(41(33)46-39(31)24-29)42-44-37-16-7-8-17-38(37)45(42)40-32-13-6-5-12-30(32)36(43)25-35(40)28-10-3-2-4-11-28;1-16(2)19-14-22(25-15-23(19)26(3,4)5)18-11-12-21(24)20(13-18)17-9-7-6-8-10-17;/h2-14,16-25H,1H3;6-10,12-16H,1-5H3;/q2*-1;/i1D3;16D;. The third kappa shape index (κ3) is 9.39. The number of fused-ring (bicyclic) bond motifs is 5. The molecule has 8 heteroatoms. The van der Waals surface area contributed by atoms with Crippen LogP contribution < -0.4 is 5.19 Å². The van der Waals surface area contributed by atoms with Crippen LogP contribution in [0.2, 0.25) is 19.6 Å². The van der Waals surface area contributed by atoms with Crippen molar-refractivity contribution in [1.82, 2.24) is 14.5 Å². The van der Waals surface area contributed by atoms with Gasteiger partial charge < -0.3 is 14.0 Å². The van der Waals surface area contributed by atoms with Crippen LogP contribution in [0.25, 0.3) is 105 Å². The number of pyridine rings is 1. The molecular formula is C65H51F2IrN3OSi-2. The summed E-state index contributed by atoms with van der Waals surface area (Å²) < 4.78 is 70.6. The first-order valence-electron chi connectivity index (χ1n) is 25.9. The van der Waals surface area contributed by atoms with Gasteiger partial charge in [-0.25, -0.2) is 4.39 Å². The number of benzene rings is 9. The van der Waals surface area contributed by atoms with Gasteiger partial charge in [-0.3, -0.25) is 9.37 Å². The predicted octanol–water partition coefficient (Wildman–Crippen LogP) is 17.3. The molecule has 361 valence electrons. The molecule has 0 aliphatic heterocycles. The minimum atomic E-state index is -2.16. The minimum absolute atomic E-state index is 0. The first kappa shape index (κ1) is 44.1. The van der Waals surface area contributed by atoms with Crippen molar-refractivity contribution in [3.63, 3.8) is 0 Å². The summed E-state index contributed by atoms with van der Waals surface area (Å²) in [6.07, 6.45) is 1.91. The first-order valence-corrected chi connectivity index (χ1v) is 27.4. The van der Waals surface area contributed by atoms with Gasteiger partial charge in [-0.15, -0.1) is 42.0 Å². The Morgan fingerprint density at radius 1 is 0.644 bits per heavy atom. The third-order valence-corrected chi connectivity index (χ3v) is 15.2. The largest absolute Gasteiger partial charge is 0.501 e. The van der Waals surface area contributed by atoms with Gasteiger partial charge in [-0.2, -0.15) is 0 Å². The predicted molar refractivity (Wildman–Crippen MR) is 297 cm³/mol. The molecule has 0 fully saturated rings. The number of aryl methyl sites for hydroxylation is 1. The van der Waals surface area contributed by atoms with Gasteiger partial charge in [0.05, 0.1) is 36.2 Å². The molecule has 0 N–H and O–H groups in total. The molecule has 0 spiro atoms. The number of imidazole rings is 1. The van der Waals surface area contributed by atoms with E-state index in [1.165, 1.54) is 11.3 Å². The fraction of sp³-hybridized carbons (Fsp3) is 0.108. The Kier molecular flexibility index (Phi) is 12.2. The topological polar surface area (TPSA) is 43.9 Å². The molecular weight excluding hydrogens is 1100 g/mol. The molecule has 0 amide bonds. The number of nitrogens with zero attached hydrogens (tertiary/aromatic N) is 3. The quantitative estimate of drug-likeness (QED) is 0.112.